The second kappa shape index (κ2) is 3.36. The Morgan fingerprint density at radius 2 is 1.83 bits per heavy atom. The van der Waals surface area contributed by atoms with Gasteiger partial charge in [0, 0.05) is 0 Å². The first-order valence-electron chi connectivity index (χ1n) is 3.43. The van der Waals surface area contributed by atoms with Crippen molar-refractivity contribution >= 4 is 5.97 Å². The monoisotopic (exact) mass is 178 g/mol. The highest BCUT2D eigenvalue weighted by molar-refractivity contribution is 5.76. The van der Waals surface area contributed by atoms with Gasteiger partial charge in [0.25, 0.3) is 0 Å². The van der Waals surface area contributed by atoms with Crippen LogP contribution in [0.1, 0.15) is 0 Å². The molecule has 1 rings (SSSR count). The highest BCUT2D eigenvalue weighted by Gasteiger charge is 2.43. The molecule has 0 saturated carbocycles. The van der Waals surface area contributed by atoms with Crippen LogP contribution in [0.3, 0.4) is 0 Å². The van der Waals surface area contributed by atoms with Gasteiger partial charge in [-0.15, -0.1) is 0 Å². The molecular formula is C6H10O6. The summed E-state index contributed by atoms with van der Waals surface area (Å²) in [7, 11) is 0. The molecule has 0 aromatic heterocycles. The lowest BCUT2D eigenvalue weighted by molar-refractivity contribution is -0.206. The van der Waals surface area contributed by atoms with Gasteiger partial charge >= 0.3 is 5.97 Å². The molecule has 1 fully saturated rings. The van der Waals surface area contributed by atoms with E-state index in [4.69, 9.17) is 20.4 Å². The fraction of sp³-hybridized carbons (Fsp3) is 0.833. The summed E-state index contributed by atoms with van der Waals surface area (Å²) in [4.78, 5) is 10.7. The molecule has 12 heavy (non-hydrogen) atoms. The number of aliphatic hydroxyl groups excluding tert-OH is 4. The first-order valence-corrected chi connectivity index (χ1v) is 3.43. The van der Waals surface area contributed by atoms with Gasteiger partial charge in [0.05, 0.1) is 6.61 Å². The lowest BCUT2D eigenvalue weighted by Crippen LogP contribution is -2.56. The van der Waals surface area contributed by atoms with E-state index in [9.17, 15) is 4.79 Å². The van der Waals surface area contributed by atoms with Gasteiger partial charge in [-0.25, -0.2) is 4.79 Å². The van der Waals surface area contributed by atoms with Crippen LogP contribution < -0.4 is 0 Å². The number of carbonyl (C=O) groups is 1. The zero-order chi connectivity index (χ0) is 9.30. The van der Waals surface area contributed by atoms with Crippen LogP contribution in [0.15, 0.2) is 0 Å². The third kappa shape index (κ3) is 1.42. The van der Waals surface area contributed by atoms with Crippen LogP contribution in [-0.2, 0) is 9.53 Å². The highest BCUT2D eigenvalue weighted by Crippen LogP contribution is 2.15. The van der Waals surface area contributed by atoms with E-state index in [1.54, 1.807) is 0 Å². The summed E-state index contributed by atoms with van der Waals surface area (Å²) < 4.78 is 4.38. The van der Waals surface area contributed by atoms with Crippen molar-refractivity contribution in [1.29, 1.82) is 0 Å². The van der Waals surface area contributed by atoms with Crippen molar-refractivity contribution < 1.29 is 30.0 Å². The van der Waals surface area contributed by atoms with Gasteiger partial charge in [-0.05, 0) is 0 Å². The molecule has 1 saturated heterocycles. The molecule has 1 aliphatic rings. The largest absolute Gasteiger partial charge is 0.455 e. The molecule has 4 atom stereocenters. The normalized spacial score (nSPS) is 42.5. The number of hydrogen-bond donors (Lipinski definition) is 4. The predicted molar refractivity (Wildman–Crippen MR) is 35.0 cm³/mol. The molecule has 0 amide bonds. The van der Waals surface area contributed by atoms with Crippen molar-refractivity contribution in [2.24, 2.45) is 0 Å². The second-order valence-corrected chi connectivity index (χ2v) is 2.58. The molecule has 6 heteroatoms. The quantitative estimate of drug-likeness (QED) is 0.318. The number of aliphatic hydroxyl groups is 4. The van der Waals surface area contributed by atoms with Gasteiger partial charge in [0.1, 0.15) is 12.2 Å². The van der Waals surface area contributed by atoms with Crippen LogP contribution in [0, 0.1) is 0 Å². The Hall–Kier alpha value is -0.690. The van der Waals surface area contributed by atoms with Crippen molar-refractivity contribution in [3.63, 3.8) is 0 Å². The van der Waals surface area contributed by atoms with Crippen molar-refractivity contribution in [1.82, 2.24) is 0 Å². The smallest absolute Gasteiger partial charge is 0.338 e. The van der Waals surface area contributed by atoms with Crippen LogP contribution >= 0.6 is 0 Å². The van der Waals surface area contributed by atoms with Crippen LogP contribution in [0.25, 0.3) is 0 Å². The summed E-state index contributed by atoms with van der Waals surface area (Å²) in [6, 6.07) is 0. The molecule has 1 heterocycles. The Balaban J connectivity index is 2.70. The van der Waals surface area contributed by atoms with E-state index in [2.05, 4.69) is 4.74 Å². The first-order chi connectivity index (χ1) is 5.57. The molecule has 0 bridgehead atoms. The Kier molecular flexibility index (Phi) is 2.63. The number of ether oxygens (including phenoxy) is 1. The van der Waals surface area contributed by atoms with E-state index in [1.165, 1.54) is 0 Å². The lowest BCUT2D eigenvalue weighted by Gasteiger charge is -2.32. The summed E-state index contributed by atoms with van der Waals surface area (Å²) in [5, 5.41) is 35.5. The summed E-state index contributed by atoms with van der Waals surface area (Å²) in [6.45, 7) is -0.587. The third-order valence-corrected chi connectivity index (χ3v) is 1.74. The van der Waals surface area contributed by atoms with Crippen LogP contribution in [0.5, 0.6) is 0 Å². The van der Waals surface area contributed by atoms with Crippen LogP contribution in [0.2, 0.25) is 0 Å². The summed E-state index contributed by atoms with van der Waals surface area (Å²) in [5.74, 6) is -1.04. The molecule has 1 aliphatic heterocycles. The third-order valence-electron chi connectivity index (χ3n) is 1.74. The minimum absolute atomic E-state index is 0.587. The topological polar surface area (TPSA) is 107 Å². The SMILES string of the molecule is O=C1O[C@H](CO)[C@@H](O)[C@@H](O)[C@@H]1O. The van der Waals surface area contributed by atoms with E-state index in [0.717, 1.165) is 0 Å². The maximum Gasteiger partial charge on any atom is 0.338 e. The minimum Gasteiger partial charge on any atom is -0.455 e. The highest BCUT2D eigenvalue weighted by atomic mass is 16.6. The van der Waals surface area contributed by atoms with E-state index in [1.807, 2.05) is 0 Å². The van der Waals surface area contributed by atoms with E-state index in [0.29, 0.717) is 0 Å². The molecule has 0 aromatic rings. The molecule has 4 N–H and O–H groups in total. The second-order valence-electron chi connectivity index (χ2n) is 2.58. The fourth-order valence-corrected chi connectivity index (χ4v) is 0.980. The van der Waals surface area contributed by atoms with Crippen LogP contribution in [-0.4, -0.2) is 57.4 Å². The van der Waals surface area contributed by atoms with Crippen molar-refractivity contribution in [3.8, 4) is 0 Å². The average molecular weight is 178 g/mol. The van der Waals surface area contributed by atoms with E-state index >= 15 is 0 Å². The van der Waals surface area contributed by atoms with E-state index in [-0.39, 0.29) is 0 Å². The molecular weight excluding hydrogens is 168 g/mol. The number of cyclic esters (lactones) is 1. The Morgan fingerprint density at radius 1 is 1.25 bits per heavy atom. The van der Waals surface area contributed by atoms with Crippen molar-refractivity contribution in [2.75, 3.05) is 6.61 Å². The number of carbonyl (C=O) groups excluding carboxylic acids is 1. The number of esters is 1. The van der Waals surface area contributed by atoms with Gasteiger partial charge in [-0.1, -0.05) is 0 Å². The number of hydrogen-bond acceptors (Lipinski definition) is 6. The molecule has 0 aromatic carbocycles. The molecule has 6 nitrogen and oxygen atoms in total. The molecule has 0 spiro atoms. The first kappa shape index (κ1) is 9.40. The van der Waals surface area contributed by atoms with Gasteiger partial charge in [-0.3, -0.25) is 0 Å². The number of rotatable bonds is 1. The molecule has 0 unspecified atom stereocenters. The predicted octanol–water partition coefficient (Wildman–Crippen LogP) is -3.01. The standard InChI is InChI=1S/C6H10O6/c7-1-2-3(8)4(9)5(10)6(11)12-2/h2-5,7-10H,1H2/t2-,3-,4-,5+/m1/s1. The van der Waals surface area contributed by atoms with Gasteiger partial charge in [0.2, 0.25) is 0 Å². The van der Waals surface area contributed by atoms with Gasteiger partial charge in [-0.2, -0.15) is 0 Å². The van der Waals surface area contributed by atoms with Gasteiger partial charge < -0.3 is 25.2 Å². The zero-order valence-corrected chi connectivity index (χ0v) is 6.12. The molecule has 0 aliphatic carbocycles. The maximum absolute atomic E-state index is 10.7. The van der Waals surface area contributed by atoms with E-state index < -0.39 is 37.0 Å². The van der Waals surface area contributed by atoms with Crippen LogP contribution in [0.4, 0.5) is 0 Å². The van der Waals surface area contributed by atoms with Gasteiger partial charge in [0.15, 0.2) is 12.2 Å². The summed E-state index contributed by atoms with van der Waals surface area (Å²) in [6.07, 6.45) is -5.93. The summed E-state index contributed by atoms with van der Waals surface area (Å²) >= 11 is 0. The molecule has 70 valence electrons. The summed E-state index contributed by atoms with van der Waals surface area (Å²) in [5.41, 5.74) is 0. The lowest BCUT2D eigenvalue weighted by atomic mass is 10.0. The zero-order valence-electron chi connectivity index (χ0n) is 6.12. The Labute approximate surface area is 68.0 Å². The Bertz CT molecular complexity index is 179. The minimum atomic E-state index is -1.73. The maximum atomic E-state index is 10.7. The average Bonchev–Trinajstić information content (AvgIpc) is 2.08. The fourth-order valence-electron chi connectivity index (χ4n) is 0.980. The Morgan fingerprint density at radius 3 is 2.33 bits per heavy atom. The molecule has 0 radical (unpaired) electrons. The van der Waals surface area contributed by atoms with Crippen molar-refractivity contribution in [3.05, 3.63) is 0 Å². The van der Waals surface area contributed by atoms with Crippen molar-refractivity contribution in [2.45, 2.75) is 24.4 Å².